The highest BCUT2D eigenvalue weighted by atomic mass is 19.4. The maximum atomic E-state index is 13.0. The fourth-order valence-corrected chi connectivity index (χ4v) is 1.83. The number of rotatable bonds is 4. The molecule has 0 atom stereocenters. The van der Waals surface area contributed by atoms with Crippen molar-refractivity contribution in [3.05, 3.63) is 40.7 Å². The zero-order chi connectivity index (χ0) is 16.3. The highest BCUT2D eigenvalue weighted by molar-refractivity contribution is 6.03. The summed E-state index contributed by atoms with van der Waals surface area (Å²) in [5, 5.41) is 9.15. The predicted molar refractivity (Wildman–Crippen MR) is 69.1 cm³/mol. The van der Waals surface area contributed by atoms with Crippen LogP contribution in [0.4, 0.5) is 18.9 Å². The van der Waals surface area contributed by atoms with E-state index in [-0.39, 0.29) is 29.2 Å². The smallest absolute Gasteiger partial charge is 0.380 e. The van der Waals surface area contributed by atoms with E-state index in [0.29, 0.717) is 0 Å². The molecule has 9 heteroatoms. The zero-order valence-electron chi connectivity index (χ0n) is 11.7. The van der Waals surface area contributed by atoms with E-state index in [9.17, 15) is 18.0 Å². The van der Waals surface area contributed by atoms with E-state index in [1.807, 2.05) is 0 Å². The molecule has 118 valence electrons. The fourth-order valence-electron chi connectivity index (χ4n) is 1.83. The number of aromatic nitrogens is 2. The summed E-state index contributed by atoms with van der Waals surface area (Å²) in [5.41, 5.74) is -0.756. The van der Waals surface area contributed by atoms with Gasteiger partial charge in [-0.25, -0.2) is 4.63 Å². The molecule has 0 saturated carbocycles. The normalized spacial score (nSPS) is 11.5. The second-order valence-corrected chi connectivity index (χ2v) is 4.46. The maximum absolute atomic E-state index is 13.0. The summed E-state index contributed by atoms with van der Waals surface area (Å²) in [5.74, 6) is -0.702. The molecule has 1 aromatic heterocycles. The summed E-state index contributed by atoms with van der Waals surface area (Å²) in [6.07, 6.45) is -4.56. The first kappa shape index (κ1) is 16.0. The average molecular weight is 315 g/mol. The quantitative estimate of drug-likeness (QED) is 0.938. The van der Waals surface area contributed by atoms with Crippen LogP contribution < -0.4 is 5.32 Å². The fraction of sp³-hybridized carbons (Fsp3) is 0.308. The van der Waals surface area contributed by atoms with Crippen LogP contribution in [-0.4, -0.2) is 23.3 Å². The molecule has 22 heavy (non-hydrogen) atoms. The van der Waals surface area contributed by atoms with Gasteiger partial charge in [-0.05, 0) is 29.8 Å². The molecule has 1 heterocycles. The molecular weight excluding hydrogens is 303 g/mol. The third-order valence-electron chi connectivity index (χ3n) is 2.84. The molecule has 0 aliphatic heterocycles. The lowest BCUT2D eigenvalue weighted by atomic mass is 10.1. The molecule has 6 nitrogen and oxygen atoms in total. The molecule has 1 amide bonds. The van der Waals surface area contributed by atoms with Crippen molar-refractivity contribution in [3.8, 4) is 0 Å². The van der Waals surface area contributed by atoms with E-state index in [1.54, 1.807) is 0 Å². The number of methoxy groups -OCH3 is 1. The maximum Gasteiger partial charge on any atom is 0.416 e. The summed E-state index contributed by atoms with van der Waals surface area (Å²) >= 11 is 0. The zero-order valence-corrected chi connectivity index (χ0v) is 11.7. The average Bonchev–Trinajstić information content (AvgIpc) is 2.86. The standard InChI is InChI=1S/C13H12F3N3O3/c1-7-11(19-22-18-7)12(20)17-9-4-3-8(6-21-2)10(5-9)13(14,15)16/h3-5H,6H2,1-2H3,(H,17,20). The van der Waals surface area contributed by atoms with Gasteiger partial charge in [0.05, 0.1) is 12.2 Å². The third-order valence-corrected chi connectivity index (χ3v) is 2.84. The Morgan fingerprint density at radius 2 is 2.09 bits per heavy atom. The molecule has 0 spiro atoms. The molecule has 0 fully saturated rings. The van der Waals surface area contributed by atoms with Gasteiger partial charge in [-0.3, -0.25) is 4.79 Å². The number of carbonyl (C=O) groups excluding carboxylic acids is 1. The first-order valence-corrected chi connectivity index (χ1v) is 6.12. The van der Waals surface area contributed by atoms with Crippen molar-refractivity contribution in [3.63, 3.8) is 0 Å². The summed E-state index contributed by atoms with van der Waals surface area (Å²) in [7, 11) is 1.30. The SMILES string of the molecule is COCc1ccc(NC(=O)c2nonc2C)cc1C(F)(F)F. The van der Waals surface area contributed by atoms with Crippen molar-refractivity contribution >= 4 is 11.6 Å². The molecular formula is C13H12F3N3O3. The Balaban J connectivity index is 2.29. The van der Waals surface area contributed by atoms with Gasteiger partial charge < -0.3 is 10.1 Å². The number of hydrogen-bond donors (Lipinski definition) is 1. The third kappa shape index (κ3) is 3.42. The molecule has 1 aromatic carbocycles. The van der Waals surface area contributed by atoms with Gasteiger partial charge in [0.1, 0.15) is 5.69 Å². The Bertz CT molecular complexity index is 683. The van der Waals surface area contributed by atoms with Crippen LogP contribution in [0.1, 0.15) is 27.3 Å². The van der Waals surface area contributed by atoms with Crippen molar-refractivity contribution in [1.82, 2.24) is 10.3 Å². The molecule has 0 saturated heterocycles. The van der Waals surface area contributed by atoms with Crippen molar-refractivity contribution in [1.29, 1.82) is 0 Å². The molecule has 0 aliphatic rings. The summed E-state index contributed by atoms with van der Waals surface area (Å²) < 4.78 is 48.2. The summed E-state index contributed by atoms with van der Waals surface area (Å²) in [6.45, 7) is 1.31. The number of hydrogen-bond acceptors (Lipinski definition) is 5. The first-order chi connectivity index (χ1) is 10.3. The highest BCUT2D eigenvalue weighted by Gasteiger charge is 2.33. The van der Waals surface area contributed by atoms with E-state index in [1.165, 1.54) is 26.2 Å². The number of nitrogens with one attached hydrogen (secondary N) is 1. The van der Waals surface area contributed by atoms with E-state index in [2.05, 4.69) is 20.3 Å². The molecule has 0 aliphatic carbocycles. The summed E-state index contributed by atoms with van der Waals surface area (Å²) in [4.78, 5) is 11.9. The molecule has 2 aromatic rings. The van der Waals surface area contributed by atoms with Gasteiger partial charge in [-0.15, -0.1) is 0 Å². The van der Waals surface area contributed by atoms with Crippen molar-refractivity contribution in [2.24, 2.45) is 0 Å². The number of alkyl halides is 3. The Morgan fingerprint density at radius 3 is 2.64 bits per heavy atom. The predicted octanol–water partition coefficient (Wildman–Crippen LogP) is 2.80. The molecule has 0 bridgehead atoms. The second kappa shape index (κ2) is 6.14. The second-order valence-electron chi connectivity index (χ2n) is 4.46. The van der Waals surface area contributed by atoms with Crippen LogP contribution in [0.2, 0.25) is 0 Å². The first-order valence-electron chi connectivity index (χ1n) is 6.12. The van der Waals surface area contributed by atoms with Gasteiger partial charge >= 0.3 is 6.18 Å². The van der Waals surface area contributed by atoms with Gasteiger partial charge in [0.15, 0.2) is 5.69 Å². The van der Waals surface area contributed by atoms with Crippen LogP contribution in [0.15, 0.2) is 22.8 Å². The number of amides is 1. The van der Waals surface area contributed by atoms with Crippen LogP contribution in [-0.2, 0) is 17.5 Å². The Labute approximate surface area is 123 Å². The van der Waals surface area contributed by atoms with Gasteiger partial charge in [0.2, 0.25) is 0 Å². The number of benzene rings is 1. The lowest BCUT2D eigenvalue weighted by Gasteiger charge is -2.14. The number of nitrogens with zero attached hydrogens (tertiary/aromatic N) is 2. The molecule has 2 rings (SSSR count). The Hall–Kier alpha value is -2.42. The minimum Gasteiger partial charge on any atom is -0.380 e. The largest absolute Gasteiger partial charge is 0.416 e. The molecule has 0 radical (unpaired) electrons. The van der Waals surface area contributed by atoms with Crippen LogP contribution in [0.5, 0.6) is 0 Å². The van der Waals surface area contributed by atoms with Gasteiger partial charge in [0, 0.05) is 12.8 Å². The van der Waals surface area contributed by atoms with Gasteiger partial charge in [0.25, 0.3) is 5.91 Å². The van der Waals surface area contributed by atoms with E-state index < -0.39 is 17.6 Å². The van der Waals surface area contributed by atoms with Crippen molar-refractivity contribution < 1.29 is 27.3 Å². The molecule has 0 unspecified atom stereocenters. The summed E-state index contributed by atoms with van der Waals surface area (Å²) in [6, 6.07) is 3.44. The van der Waals surface area contributed by atoms with Gasteiger partial charge in [-0.1, -0.05) is 11.2 Å². The van der Waals surface area contributed by atoms with Crippen LogP contribution in [0, 0.1) is 6.92 Å². The minimum absolute atomic E-state index is 0.0143. The lowest BCUT2D eigenvalue weighted by molar-refractivity contribution is -0.138. The van der Waals surface area contributed by atoms with Crippen molar-refractivity contribution in [2.75, 3.05) is 12.4 Å². The Morgan fingerprint density at radius 1 is 1.36 bits per heavy atom. The topological polar surface area (TPSA) is 77.2 Å². The number of anilines is 1. The number of ether oxygens (including phenoxy) is 1. The monoisotopic (exact) mass is 315 g/mol. The van der Waals surface area contributed by atoms with E-state index in [4.69, 9.17) is 4.74 Å². The number of halogens is 3. The lowest BCUT2D eigenvalue weighted by Crippen LogP contribution is -2.16. The van der Waals surface area contributed by atoms with Gasteiger partial charge in [-0.2, -0.15) is 13.2 Å². The number of carbonyl (C=O) groups is 1. The minimum atomic E-state index is -4.56. The highest BCUT2D eigenvalue weighted by Crippen LogP contribution is 2.34. The van der Waals surface area contributed by atoms with Crippen LogP contribution in [0.3, 0.4) is 0 Å². The van der Waals surface area contributed by atoms with Crippen LogP contribution in [0.25, 0.3) is 0 Å². The van der Waals surface area contributed by atoms with Crippen LogP contribution >= 0.6 is 0 Å². The Kier molecular flexibility index (Phi) is 4.45. The number of aryl methyl sites for hydroxylation is 1. The van der Waals surface area contributed by atoms with E-state index in [0.717, 1.165) is 6.07 Å². The molecule has 1 N–H and O–H groups in total. The van der Waals surface area contributed by atoms with Crippen molar-refractivity contribution in [2.45, 2.75) is 19.7 Å². The van der Waals surface area contributed by atoms with E-state index >= 15 is 0 Å².